The Balaban J connectivity index is 1.64. The summed E-state index contributed by atoms with van der Waals surface area (Å²) in [5, 5.41) is 25.1. The van der Waals surface area contributed by atoms with E-state index in [4.69, 9.17) is 4.74 Å². The topological polar surface area (TPSA) is 70.0 Å². The summed E-state index contributed by atoms with van der Waals surface area (Å²) < 4.78 is 5.96. The maximum Gasteiger partial charge on any atom is 0.281 e. The number of thiophene rings is 1. The van der Waals surface area contributed by atoms with Gasteiger partial charge in [0, 0.05) is 10.4 Å². The molecule has 0 saturated carbocycles. The molecule has 0 bridgehead atoms. The molecular weight excluding hydrogens is 482 g/mol. The summed E-state index contributed by atoms with van der Waals surface area (Å²) >= 11 is 1.62. The van der Waals surface area contributed by atoms with Gasteiger partial charge >= 0.3 is 0 Å². The van der Waals surface area contributed by atoms with Crippen LogP contribution in [0.5, 0.6) is 5.75 Å². The van der Waals surface area contributed by atoms with Gasteiger partial charge in [0.1, 0.15) is 5.75 Å². The van der Waals surface area contributed by atoms with E-state index in [0.29, 0.717) is 17.9 Å². The molecule has 4 aromatic rings. The van der Waals surface area contributed by atoms with Crippen molar-refractivity contribution in [2.75, 3.05) is 6.61 Å². The van der Waals surface area contributed by atoms with Gasteiger partial charge in [-0.05, 0) is 53.3 Å². The van der Waals surface area contributed by atoms with E-state index >= 15 is 0 Å². The molecule has 0 aliphatic carbocycles. The highest BCUT2D eigenvalue weighted by Crippen LogP contribution is 2.34. The standard InChI is InChI=1S/C31H33NO4S/c1-2-3-4-10-21-36-28-15-9-8-14-27(28)31(34,35)32(23-24-12-6-5-7-13-24)30(33)26-19-17-25(18-20-26)29-16-11-22-37-29/h5-9,11-20,22,34-35H,2-4,10,21,23H2,1H3. The maximum atomic E-state index is 13.8. The summed E-state index contributed by atoms with van der Waals surface area (Å²) in [5.41, 5.74) is 2.27. The van der Waals surface area contributed by atoms with E-state index in [9.17, 15) is 15.0 Å². The molecule has 1 heterocycles. The van der Waals surface area contributed by atoms with E-state index in [0.717, 1.165) is 46.6 Å². The van der Waals surface area contributed by atoms with Gasteiger partial charge in [0.2, 0.25) is 0 Å². The lowest BCUT2D eigenvalue weighted by Crippen LogP contribution is -2.49. The second kappa shape index (κ2) is 12.7. The molecule has 0 spiro atoms. The summed E-state index contributed by atoms with van der Waals surface area (Å²) in [4.78, 5) is 16.0. The van der Waals surface area contributed by atoms with Gasteiger partial charge in [-0.25, -0.2) is 0 Å². The number of hydrogen-bond acceptors (Lipinski definition) is 5. The zero-order valence-corrected chi connectivity index (χ0v) is 21.9. The maximum absolute atomic E-state index is 13.8. The summed E-state index contributed by atoms with van der Waals surface area (Å²) in [6.45, 7) is 2.62. The molecule has 0 radical (unpaired) electrons. The SMILES string of the molecule is CCCCCCOc1ccccc1C(O)(O)N(Cc1ccccc1)C(=O)c1ccc(-c2cccs2)cc1. The Hall–Kier alpha value is -3.45. The Morgan fingerprint density at radius 3 is 2.30 bits per heavy atom. The van der Waals surface area contributed by atoms with E-state index in [-0.39, 0.29) is 12.1 Å². The van der Waals surface area contributed by atoms with Crippen LogP contribution in [0.15, 0.2) is 96.4 Å². The molecule has 2 N–H and O–H groups in total. The number of ether oxygens (including phenoxy) is 1. The molecule has 192 valence electrons. The lowest BCUT2D eigenvalue weighted by Gasteiger charge is -2.36. The normalized spacial score (nSPS) is 11.3. The molecule has 1 aromatic heterocycles. The Morgan fingerprint density at radius 2 is 1.59 bits per heavy atom. The number of nitrogens with zero attached hydrogens (tertiary/aromatic N) is 1. The summed E-state index contributed by atoms with van der Waals surface area (Å²) in [6, 6.07) is 27.3. The molecule has 0 saturated heterocycles. The predicted molar refractivity (Wildman–Crippen MR) is 148 cm³/mol. The highest BCUT2D eigenvalue weighted by molar-refractivity contribution is 7.13. The van der Waals surface area contributed by atoms with Crippen molar-refractivity contribution in [2.24, 2.45) is 0 Å². The van der Waals surface area contributed by atoms with Crippen molar-refractivity contribution in [3.8, 4) is 16.2 Å². The lowest BCUT2D eigenvalue weighted by atomic mass is 10.0. The van der Waals surface area contributed by atoms with Crippen LogP contribution >= 0.6 is 11.3 Å². The Labute approximate surface area is 222 Å². The van der Waals surface area contributed by atoms with Crippen LogP contribution in [0.3, 0.4) is 0 Å². The molecule has 5 nitrogen and oxygen atoms in total. The number of amides is 1. The van der Waals surface area contributed by atoms with Crippen molar-refractivity contribution in [2.45, 2.75) is 45.1 Å². The highest BCUT2D eigenvalue weighted by Gasteiger charge is 2.40. The van der Waals surface area contributed by atoms with Gasteiger partial charge in [-0.2, -0.15) is 0 Å². The zero-order chi connectivity index (χ0) is 26.1. The second-order valence-corrected chi connectivity index (χ2v) is 9.92. The van der Waals surface area contributed by atoms with Crippen LogP contribution in [-0.4, -0.2) is 27.6 Å². The average Bonchev–Trinajstić information content (AvgIpc) is 3.47. The first-order chi connectivity index (χ1) is 18.0. The molecule has 37 heavy (non-hydrogen) atoms. The Bertz CT molecular complexity index is 1250. The van der Waals surface area contributed by atoms with Crippen LogP contribution < -0.4 is 4.74 Å². The first-order valence-electron chi connectivity index (χ1n) is 12.7. The number of unbranched alkanes of at least 4 members (excludes halogenated alkanes) is 3. The summed E-state index contributed by atoms with van der Waals surface area (Å²) in [7, 11) is 0. The number of aliphatic hydroxyl groups is 2. The second-order valence-electron chi connectivity index (χ2n) is 8.97. The summed E-state index contributed by atoms with van der Waals surface area (Å²) in [6.07, 6.45) is 4.16. The number of carbonyl (C=O) groups excluding carboxylic acids is 1. The third-order valence-corrected chi connectivity index (χ3v) is 7.17. The van der Waals surface area contributed by atoms with Crippen LogP contribution in [0.4, 0.5) is 0 Å². The predicted octanol–water partition coefficient (Wildman–Crippen LogP) is 6.81. The molecule has 4 rings (SSSR count). The van der Waals surface area contributed by atoms with Crippen molar-refractivity contribution in [3.63, 3.8) is 0 Å². The average molecular weight is 516 g/mol. The van der Waals surface area contributed by atoms with Gasteiger partial charge in [0.25, 0.3) is 11.8 Å². The third-order valence-electron chi connectivity index (χ3n) is 6.25. The fourth-order valence-corrected chi connectivity index (χ4v) is 4.92. The van der Waals surface area contributed by atoms with Crippen molar-refractivity contribution >= 4 is 17.2 Å². The van der Waals surface area contributed by atoms with Crippen LogP contribution in [0.1, 0.15) is 54.1 Å². The smallest absolute Gasteiger partial charge is 0.281 e. The van der Waals surface area contributed by atoms with Gasteiger partial charge in [0.15, 0.2) is 0 Å². The minimum absolute atomic E-state index is 0.00415. The fourth-order valence-electron chi connectivity index (χ4n) is 4.19. The molecule has 1 amide bonds. The van der Waals surface area contributed by atoms with Gasteiger partial charge in [-0.1, -0.05) is 86.8 Å². The third kappa shape index (κ3) is 6.66. The Morgan fingerprint density at radius 1 is 0.865 bits per heavy atom. The van der Waals surface area contributed by atoms with Crippen LogP contribution in [-0.2, 0) is 12.5 Å². The molecular formula is C31H33NO4S. The molecule has 0 fully saturated rings. The van der Waals surface area contributed by atoms with Crippen LogP contribution in [0.25, 0.3) is 10.4 Å². The van der Waals surface area contributed by atoms with E-state index in [2.05, 4.69) is 6.92 Å². The number of carbonyl (C=O) groups is 1. The van der Waals surface area contributed by atoms with Gasteiger partial charge in [-0.3, -0.25) is 9.69 Å². The molecule has 0 aliphatic rings. The molecule has 0 unspecified atom stereocenters. The van der Waals surface area contributed by atoms with Crippen molar-refractivity contribution in [1.82, 2.24) is 4.90 Å². The number of rotatable bonds is 12. The lowest BCUT2D eigenvalue weighted by molar-refractivity contribution is -0.259. The Kier molecular flexibility index (Phi) is 9.12. The largest absolute Gasteiger partial charge is 0.493 e. The quantitative estimate of drug-likeness (QED) is 0.161. The highest BCUT2D eigenvalue weighted by atomic mass is 32.1. The van der Waals surface area contributed by atoms with Crippen molar-refractivity contribution in [1.29, 1.82) is 0 Å². The molecule has 0 atom stereocenters. The van der Waals surface area contributed by atoms with Crippen molar-refractivity contribution in [3.05, 3.63) is 113 Å². The minimum Gasteiger partial charge on any atom is -0.493 e. The van der Waals surface area contributed by atoms with E-state index < -0.39 is 11.8 Å². The van der Waals surface area contributed by atoms with Crippen LogP contribution in [0, 0.1) is 0 Å². The van der Waals surface area contributed by atoms with Gasteiger partial charge < -0.3 is 14.9 Å². The number of benzene rings is 3. The summed E-state index contributed by atoms with van der Waals surface area (Å²) in [5.74, 6) is -2.74. The molecule has 3 aromatic carbocycles. The molecule has 6 heteroatoms. The van der Waals surface area contributed by atoms with E-state index in [1.807, 2.05) is 60.0 Å². The molecule has 0 aliphatic heterocycles. The van der Waals surface area contributed by atoms with E-state index in [1.165, 1.54) is 0 Å². The van der Waals surface area contributed by atoms with Crippen LogP contribution in [0.2, 0.25) is 0 Å². The van der Waals surface area contributed by atoms with Crippen molar-refractivity contribution < 1.29 is 19.7 Å². The van der Waals surface area contributed by atoms with Gasteiger partial charge in [0.05, 0.1) is 18.7 Å². The first kappa shape index (κ1) is 26.6. The van der Waals surface area contributed by atoms with E-state index in [1.54, 1.807) is 47.7 Å². The number of hydrogen-bond donors (Lipinski definition) is 2. The fraction of sp³-hybridized carbons (Fsp3) is 0.258. The minimum atomic E-state index is -2.60. The first-order valence-corrected chi connectivity index (χ1v) is 13.6. The monoisotopic (exact) mass is 515 g/mol. The van der Waals surface area contributed by atoms with Gasteiger partial charge in [-0.15, -0.1) is 11.3 Å². The number of para-hydroxylation sites is 1. The zero-order valence-electron chi connectivity index (χ0n) is 21.0.